The molecule has 3 rings (SSSR count). The van der Waals surface area contributed by atoms with E-state index in [-0.39, 0.29) is 0 Å². The summed E-state index contributed by atoms with van der Waals surface area (Å²) in [5.41, 5.74) is 1.11. The van der Waals surface area contributed by atoms with Crippen molar-refractivity contribution in [3.63, 3.8) is 0 Å². The Morgan fingerprint density at radius 2 is 2.26 bits per heavy atom. The Kier molecular flexibility index (Phi) is 5.86. The third kappa shape index (κ3) is 4.22. The predicted octanol–water partition coefficient (Wildman–Crippen LogP) is 2.90. The highest BCUT2D eigenvalue weighted by Gasteiger charge is 2.22. The molecule has 0 bridgehead atoms. The van der Waals surface area contributed by atoms with Crippen LogP contribution in [0.1, 0.15) is 50.8 Å². The molecule has 1 aromatic heterocycles. The van der Waals surface area contributed by atoms with E-state index >= 15 is 0 Å². The zero-order valence-corrected chi connectivity index (χ0v) is 15.2. The Balaban J connectivity index is 1.53. The number of aliphatic imine (C=N–C) groups is 1. The van der Waals surface area contributed by atoms with E-state index in [1.165, 1.54) is 37.9 Å². The van der Waals surface area contributed by atoms with E-state index in [0.29, 0.717) is 6.04 Å². The van der Waals surface area contributed by atoms with E-state index in [4.69, 9.17) is 5.10 Å². The molecule has 2 heterocycles. The minimum absolute atomic E-state index is 0.618. The molecular formula is C17H29N5S. The van der Waals surface area contributed by atoms with Gasteiger partial charge in [0, 0.05) is 37.3 Å². The van der Waals surface area contributed by atoms with Crippen molar-refractivity contribution < 1.29 is 0 Å². The molecule has 0 amide bonds. The van der Waals surface area contributed by atoms with Crippen molar-refractivity contribution in [2.75, 3.05) is 25.9 Å². The highest BCUT2D eigenvalue weighted by atomic mass is 32.2. The Morgan fingerprint density at radius 3 is 3.00 bits per heavy atom. The van der Waals surface area contributed by atoms with Gasteiger partial charge < -0.3 is 10.2 Å². The number of nitrogens with zero attached hydrogens (tertiary/aromatic N) is 4. The molecule has 1 saturated heterocycles. The topological polar surface area (TPSA) is 45.5 Å². The van der Waals surface area contributed by atoms with Gasteiger partial charge in [-0.1, -0.05) is 19.8 Å². The van der Waals surface area contributed by atoms with Crippen LogP contribution in [0.4, 0.5) is 0 Å². The van der Waals surface area contributed by atoms with Crippen LogP contribution in [0, 0.1) is 0 Å². The van der Waals surface area contributed by atoms with Crippen LogP contribution in [-0.4, -0.2) is 51.8 Å². The second-order valence-electron chi connectivity index (χ2n) is 6.47. The molecule has 0 radical (unpaired) electrons. The summed E-state index contributed by atoms with van der Waals surface area (Å²) in [5, 5.41) is 8.97. The average molecular weight is 336 g/mol. The van der Waals surface area contributed by atoms with E-state index in [1.807, 2.05) is 7.05 Å². The molecule has 2 fully saturated rings. The number of rotatable bonds is 4. The lowest BCUT2D eigenvalue weighted by molar-refractivity contribution is 0.407. The molecule has 2 aliphatic rings. The maximum Gasteiger partial charge on any atom is 0.194 e. The predicted molar refractivity (Wildman–Crippen MR) is 98.0 cm³/mol. The van der Waals surface area contributed by atoms with Gasteiger partial charge in [0.05, 0.1) is 18.3 Å². The number of hydrogen-bond acceptors (Lipinski definition) is 3. The normalized spacial score (nSPS) is 23.5. The largest absolute Gasteiger partial charge is 0.351 e. The molecular weight excluding hydrogens is 306 g/mol. The smallest absolute Gasteiger partial charge is 0.194 e. The third-order valence-corrected chi connectivity index (χ3v) is 6.27. The summed E-state index contributed by atoms with van der Waals surface area (Å²) in [6.07, 6.45) is 8.61. The number of nitrogens with one attached hydrogen (secondary N) is 1. The van der Waals surface area contributed by atoms with Crippen LogP contribution in [0.5, 0.6) is 0 Å². The quantitative estimate of drug-likeness (QED) is 0.679. The zero-order chi connectivity index (χ0) is 16.1. The summed E-state index contributed by atoms with van der Waals surface area (Å²) in [5.74, 6) is 2.20. The van der Waals surface area contributed by atoms with Gasteiger partial charge in [0.1, 0.15) is 0 Å². The van der Waals surface area contributed by atoms with Gasteiger partial charge in [-0.2, -0.15) is 16.9 Å². The molecule has 1 atom stereocenters. The van der Waals surface area contributed by atoms with Gasteiger partial charge in [-0.05, 0) is 25.3 Å². The van der Waals surface area contributed by atoms with Gasteiger partial charge in [-0.3, -0.25) is 9.67 Å². The highest BCUT2D eigenvalue weighted by molar-refractivity contribution is 8.00. The third-order valence-electron chi connectivity index (χ3n) is 4.90. The highest BCUT2D eigenvalue weighted by Crippen LogP contribution is 2.28. The van der Waals surface area contributed by atoms with E-state index in [0.717, 1.165) is 36.5 Å². The minimum Gasteiger partial charge on any atom is -0.351 e. The number of aromatic nitrogens is 2. The molecule has 1 aliphatic carbocycles. The van der Waals surface area contributed by atoms with Crippen LogP contribution in [0.25, 0.3) is 0 Å². The molecule has 0 aromatic carbocycles. The van der Waals surface area contributed by atoms with Gasteiger partial charge >= 0.3 is 0 Å². The zero-order valence-electron chi connectivity index (χ0n) is 14.4. The van der Waals surface area contributed by atoms with E-state index < -0.39 is 0 Å². The maximum absolute atomic E-state index is 4.75. The molecule has 5 nitrogen and oxygen atoms in total. The fourth-order valence-corrected chi connectivity index (χ4v) is 4.68. The summed E-state index contributed by atoms with van der Waals surface area (Å²) in [6, 6.07) is 2.76. The number of thioether (sulfide) groups is 1. The Morgan fingerprint density at radius 1 is 1.43 bits per heavy atom. The Bertz CT molecular complexity index is 521. The number of guanidine groups is 1. The molecule has 1 saturated carbocycles. The van der Waals surface area contributed by atoms with Gasteiger partial charge in [0.2, 0.25) is 0 Å². The fraction of sp³-hybridized carbons (Fsp3) is 0.765. The monoisotopic (exact) mass is 335 g/mol. The molecule has 128 valence electrons. The van der Waals surface area contributed by atoms with Crippen LogP contribution < -0.4 is 5.32 Å². The van der Waals surface area contributed by atoms with Gasteiger partial charge in [0.15, 0.2) is 5.96 Å². The first-order valence-electron chi connectivity index (χ1n) is 8.91. The summed E-state index contributed by atoms with van der Waals surface area (Å²) in [4.78, 5) is 6.85. The first kappa shape index (κ1) is 16.7. The number of hydrogen-bond donors (Lipinski definition) is 1. The van der Waals surface area contributed by atoms with E-state index in [1.54, 1.807) is 0 Å². The molecule has 1 aliphatic heterocycles. The minimum atomic E-state index is 0.618. The summed E-state index contributed by atoms with van der Waals surface area (Å²) in [7, 11) is 1.88. The van der Waals surface area contributed by atoms with Crippen molar-refractivity contribution >= 4 is 17.7 Å². The van der Waals surface area contributed by atoms with Crippen molar-refractivity contribution in [1.82, 2.24) is 20.0 Å². The molecule has 0 spiro atoms. The summed E-state index contributed by atoms with van der Waals surface area (Å²) < 4.78 is 2.16. The van der Waals surface area contributed by atoms with Crippen LogP contribution in [-0.2, 0) is 6.54 Å². The lowest BCUT2D eigenvalue weighted by Crippen LogP contribution is -2.47. The fourth-order valence-electron chi connectivity index (χ4n) is 3.50. The maximum atomic E-state index is 4.75. The Hall–Kier alpha value is -1.17. The standard InChI is InChI=1S/C17H29N5S/c1-3-16-13-21(10-11-23-16)17(18-2)19-12-14-8-9-22(20-14)15-6-4-5-7-15/h8-9,15-16H,3-7,10-13H2,1-2H3,(H,18,19). The van der Waals surface area contributed by atoms with Gasteiger partial charge in [-0.25, -0.2) is 0 Å². The van der Waals surface area contributed by atoms with E-state index in [9.17, 15) is 0 Å². The van der Waals surface area contributed by atoms with Crippen LogP contribution in [0.15, 0.2) is 17.3 Å². The van der Waals surface area contributed by atoms with Crippen LogP contribution in [0.2, 0.25) is 0 Å². The van der Waals surface area contributed by atoms with Gasteiger partial charge in [-0.15, -0.1) is 0 Å². The summed E-state index contributed by atoms with van der Waals surface area (Å²) >= 11 is 2.09. The van der Waals surface area contributed by atoms with Crippen molar-refractivity contribution in [3.05, 3.63) is 18.0 Å². The summed E-state index contributed by atoms with van der Waals surface area (Å²) in [6.45, 7) is 5.20. The van der Waals surface area contributed by atoms with Crippen LogP contribution >= 0.6 is 11.8 Å². The molecule has 23 heavy (non-hydrogen) atoms. The van der Waals surface area contributed by atoms with Crippen molar-refractivity contribution in [3.8, 4) is 0 Å². The second kappa shape index (κ2) is 8.08. The Labute approximate surface area is 143 Å². The SMILES string of the molecule is CCC1CN(C(=NC)NCc2ccn(C3CCCC3)n2)CCS1. The van der Waals surface area contributed by atoms with Gasteiger partial charge in [0.25, 0.3) is 0 Å². The first-order chi connectivity index (χ1) is 11.3. The molecule has 1 unspecified atom stereocenters. The van der Waals surface area contributed by atoms with Crippen molar-refractivity contribution in [1.29, 1.82) is 0 Å². The van der Waals surface area contributed by atoms with Crippen molar-refractivity contribution in [2.24, 2.45) is 4.99 Å². The molecule has 1 aromatic rings. The molecule has 6 heteroatoms. The van der Waals surface area contributed by atoms with E-state index in [2.05, 4.69) is 50.8 Å². The molecule has 1 N–H and O–H groups in total. The first-order valence-corrected chi connectivity index (χ1v) is 9.96. The van der Waals surface area contributed by atoms with Crippen molar-refractivity contribution in [2.45, 2.75) is 56.9 Å². The van der Waals surface area contributed by atoms with Crippen LogP contribution in [0.3, 0.4) is 0 Å². The average Bonchev–Trinajstić information content (AvgIpc) is 3.27. The second-order valence-corrected chi connectivity index (χ2v) is 7.88. The lowest BCUT2D eigenvalue weighted by atomic mass is 10.3. The lowest BCUT2D eigenvalue weighted by Gasteiger charge is -2.34.